The molecular weight excluding hydrogens is 869 g/mol. The van der Waals surface area contributed by atoms with E-state index >= 15 is 0 Å². The summed E-state index contributed by atoms with van der Waals surface area (Å²) >= 11 is 0. The third-order valence-electron chi connectivity index (χ3n) is 14.2. The quantitative estimate of drug-likeness (QED) is 0.121. The van der Waals surface area contributed by atoms with Crippen LogP contribution in [-0.2, 0) is 0 Å². The zero-order valence-electron chi connectivity index (χ0n) is 39.6. The van der Waals surface area contributed by atoms with E-state index in [9.17, 15) is 0 Å². The van der Waals surface area contributed by atoms with Crippen LogP contribution in [-0.4, -0.2) is 9.13 Å². The Morgan fingerprint density at radius 3 is 0.986 bits per heavy atom. The minimum Gasteiger partial charge on any atom is -0.309 e. The second-order valence-electron chi connectivity index (χ2n) is 18.5. The molecule has 0 aliphatic rings. The third-order valence-corrected chi connectivity index (χ3v) is 14.2. The highest BCUT2D eigenvalue weighted by Crippen LogP contribution is 2.46. The van der Waals surface area contributed by atoms with E-state index in [1.165, 1.54) is 66.1 Å². The maximum absolute atomic E-state index is 2.50. The molecule has 0 fully saturated rings. The van der Waals surface area contributed by atoms with Gasteiger partial charge in [0.2, 0.25) is 0 Å². The topological polar surface area (TPSA) is 9.86 Å². The van der Waals surface area contributed by atoms with Crippen LogP contribution in [0.3, 0.4) is 0 Å². The average Bonchev–Trinajstić information content (AvgIpc) is 4.12. The summed E-state index contributed by atoms with van der Waals surface area (Å²) in [6.45, 7) is 0. The molecule has 0 amide bonds. The molecule has 13 aromatic rings. The SMILES string of the molecule is c1ccc(-c2ccc(-c3cc(-n4c(-c5ccccc5)ccc4-c4ccccc4)c(-c4ccc(-c5ccccc5)cc4)c4cc5ccc(-n6c(-c7ccccc7)ccc6-c6ccccc6)cc5cc34)cc2)cc1. The van der Waals surface area contributed by atoms with E-state index in [0.29, 0.717) is 0 Å². The molecule has 2 aromatic heterocycles. The van der Waals surface area contributed by atoms with Crippen LogP contribution in [0.15, 0.2) is 291 Å². The molecule has 2 nitrogen and oxygen atoms in total. The molecule has 0 saturated carbocycles. The summed E-state index contributed by atoms with van der Waals surface area (Å²) in [6.07, 6.45) is 0. The number of hydrogen-bond acceptors (Lipinski definition) is 0. The van der Waals surface area contributed by atoms with Gasteiger partial charge in [-0.2, -0.15) is 0 Å². The first-order chi connectivity index (χ1) is 35.7. The van der Waals surface area contributed by atoms with Crippen molar-refractivity contribution in [3.05, 3.63) is 291 Å². The van der Waals surface area contributed by atoms with Crippen molar-refractivity contribution in [1.29, 1.82) is 0 Å². The summed E-state index contributed by atoms with van der Waals surface area (Å²) < 4.78 is 4.92. The fourth-order valence-corrected chi connectivity index (χ4v) is 10.7. The van der Waals surface area contributed by atoms with Crippen molar-refractivity contribution in [1.82, 2.24) is 9.13 Å². The van der Waals surface area contributed by atoms with Gasteiger partial charge in [0.1, 0.15) is 0 Å². The van der Waals surface area contributed by atoms with Crippen molar-refractivity contribution >= 4 is 21.5 Å². The Morgan fingerprint density at radius 1 is 0.208 bits per heavy atom. The van der Waals surface area contributed by atoms with Gasteiger partial charge in [0.05, 0.1) is 28.5 Å². The molecular formula is C70H48N2. The van der Waals surface area contributed by atoms with E-state index in [4.69, 9.17) is 0 Å². The van der Waals surface area contributed by atoms with Crippen molar-refractivity contribution in [2.45, 2.75) is 0 Å². The first kappa shape index (κ1) is 42.6. The predicted molar refractivity (Wildman–Crippen MR) is 304 cm³/mol. The second kappa shape index (κ2) is 18.4. The summed E-state index contributed by atoms with van der Waals surface area (Å²) in [4.78, 5) is 0. The molecule has 2 heteroatoms. The number of hydrogen-bond donors (Lipinski definition) is 0. The Labute approximate surface area is 420 Å². The van der Waals surface area contributed by atoms with Gasteiger partial charge < -0.3 is 9.13 Å². The maximum atomic E-state index is 2.50. The molecule has 11 aromatic carbocycles. The normalized spacial score (nSPS) is 11.3. The second-order valence-corrected chi connectivity index (χ2v) is 18.5. The molecule has 0 atom stereocenters. The fourth-order valence-electron chi connectivity index (χ4n) is 10.7. The van der Waals surface area contributed by atoms with E-state index in [2.05, 4.69) is 300 Å². The molecule has 0 N–H and O–H groups in total. The van der Waals surface area contributed by atoms with Gasteiger partial charge >= 0.3 is 0 Å². The van der Waals surface area contributed by atoms with Gasteiger partial charge in [0, 0.05) is 11.3 Å². The molecule has 338 valence electrons. The number of nitrogens with zero attached hydrogens (tertiary/aromatic N) is 2. The summed E-state index contributed by atoms with van der Waals surface area (Å²) in [6, 6.07) is 106. The van der Waals surface area contributed by atoms with E-state index in [-0.39, 0.29) is 0 Å². The van der Waals surface area contributed by atoms with Crippen LogP contribution in [0.1, 0.15) is 0 Å². The Hall–Kier alpha value is -9.50. The number of fused-ring (bicyclic) bond motifs is 2. The summed E-state index contributed by atoms with van der Waals surface area (Å²) in [7, 11) is 0. The van der Waals surface area contributed by atoms with Crippen molar-refractivity contribution in [2.75, 3.05) is 0 Å². The van der Waals surface area contributed by atoms with Crippen molar-refractivity contribution < 1.29 is 0 Å². The highest BCUT2D eigenvalue weighted by molar-refractivity contribution is 6.14. The Morgan fingerprint density at radius 2 is 0.556 bits per heavy atom. The molecule has 0 aliphatic carbocycles. The summed E-state index contributed by atoms with van der Waals surface area (Å²) in [5, 5.41) is 4.71. The average molecular weight is 917 g/mol. The molecule has 0 unspecified atom stereocenters. The lowest BCUT2D eigenvalue weighted by Gasteiger charge is -2.23. The molecule has 0 bridgehead atoms. The van der Waals surface area contributed by atoms with Gasteiger partial charge in [-0.3, -0.25) is 0 Å². The van der Waals surface area contributed by atoms with Gasteiger partial charge in [-0.05, 0) is 137 Å². The smallest absolute Gasteiger partial charge is 0.0553 e. The highest BCUT2D eigenvalue weighted by Gasteiger charge is 2.23. The van der Waals surface area contributed by atoms with Crippen LogP contribution in [0.4, 0.5) is 0 Å². The van der Waals surface area contributed by atoms with Crippen molar-refractivity contribution in [2.24, 2.45) is 0 Å². The zero-order valence-corrected chi connectivity index (χ0v) is 39.6. The van der Waals surface area contributed by atoms with Gasteiger partial charge in [-0.25, -0.2) is 0 Å². The molecule has 0 spiro atoms. The van der Waals surface area contributed by atoms with E-state index in [1.807, 2.05) is 0 Å². The minimum absolute atomic E-state index is 1.11. The lowest BCUT2D eigenvalue weighted by Crippen LogP contribution is -2.04. The van der Waals surface area contributed by atoms with Gasteiger partial charge in [0.25, 0.3) is 0 Å². The molecule has 2 heterocycles. The van der Waals surface area contributed by atoms with Crippen LogP contribution >= 0.6 is 0 Å². The van der Waals surface area contributed by atoms with E-state index in [1.54, 1.807) is 0 Å². The van der Waals surface area contributed by atoms with Gasteiger partial charge in [-0.15, -0.1) is 0 Å². The third kappa shape index (κ3) is 7.82. The minimum atomic E-state index is 1.11. The summed E-state index contributed by atoms with van der Waals surface area (Å²) in [5.41, 5.74) is 20.8. The van der Waals surface area contributed by atoms with E-state index in [0.717, 1.165) is 56.4 Å². The first-order valence-electron chi connectivity index (χ1n) is 24.7. The van der Waals surface area contributed by atoms with Crippen molar-refractivity contribution in [3.8, 4) is 101 Å². The maximum Gasteiger partial charge on any atom is 0.0553 e. The van der Waals surface area contributed by atoms with Gasteiger partial charge in [0.15, 0.2) is 0 Å². The van der Waals surface area contributed by atoms with E-state index < -0.39 is 0 Å². The van der Waals surface area contributed by atoms with Crippen molar-refractivity contribution in [3.63, 3.8) is 0 Å². The molecule has 13 rings (SSSR count). The molecule has 0 saturated heterocycles. The molecule has 72 heavy (non-hydrogen) atoms. The van der Waals surface area contributed by atoms with Gasteiger partial charge in [-0.1, -0.05) is 237 Å². The van der Waals surface area contributed by atoms with Crippen LogP contribution in [0.5, 0.6) is 0 Å². The van der Waals surface area contributed by atoms with Crippen LogP contribution in [0.25, 0.3) is 122 Å². The lowest BCUT2D eigenvalue weighted by molar-refractivity contribution is 1.10. The standard InChI is InChI=1S/C70H48N2/c1-7-19-49(20-8-1)51-31-35-53(36-32-51)62-48-69(72-67(56-27-15-5-16-28-56)43-44-68(72)57-29-17-6-18-30-57)70(58-37-33-52(34-38-58)50-21-9-2-10-22-50)64-46-59-39-40-61(45-60(59)47-63(62)64)71-65(54-23-11-3-12-24-54)41-42-66(71)55-25-13-4-14-26-55/h1-48H. The lowest BCUT2D eigenvalue weighted by atomic mass is 9.87. The monoisotopic (exact) mass is 916 g/mol. The number of rotatable bonds is 10. The predicted octanol–water partition coefficient (Wildman–Crippen LogP) is 18.9. The number of aromatic nitrogens is 2. The number of benzene rings is 11. The summed E-state index contributed by atoms with van der Waals surface area (Å²) in [5.74, 6) is 0. The first-order valence-corrected chi connectivity index (χ1v) is 24.7. The molecule has 0 aliphatic heterocycles. The fraction of sp³-hybridized carbons (Fsp3) is 0. The Balaban J connectivity index is 1.11. The largest absolute Gasteiger partial charge is 0.309 e. The Bertz CT molecular complexity index is 3890. The highest BCUT2D eigenvalue weighted by atomic mass is 15.0. The van der Waals surface area contributed by atoms with Crippen LogP contribution in [0.2, 0.25) is 0 Å². The molecule has 0 radical (unpaired) electrons. The Kier molecular flexibility index (Phi) is 10.9. The van der Waals surface area contributed by atoms with Crippen LogP contribution < -0.4 is 0 Å². The zero-order chi connectivity index (χ0) is 47.8. The van der Waals surface area contributed by atoms with Crippen LogP contribution in [0, 0.1) is 0 Å².